The molecule has 0 amide bonds. The number of nitrogens with one attached hydrogen (secondary N) is 1. The van der Waals surface area contributed by atoms with Crippen LogP contribution in [0.5, 0.6) is 0 Å². The molecule has 1 N–H and O–H groups in total. The minimum absolute atomic E-state index is 0.212. The van der Waals surface area contributed by atoms with Gasteiger partial charge in [-0.05, 0) is 36.8 Å². The van der Waals surface area contributed by atoms with Gasteiger partial charge in [-0.15, -0.1) is 11.3 Å². The van der Waals surface area contributed by atoms with Gasteiger partial charge < -0.3 is 4.57 Å². The molecular formula is C15H14ClN3O2S2. The Bertz CT molecular complexity index is 887. The largest absolute Gasteiger partial charge is 0.306 e. The van der Waals surface area contributed by atoms with Crippen molar-refractivity contribution in [1.29, 1.82) is 0 Å². The third-order valence-corrected chi connectivity index (χ3v) is 6.60. The number of sulfonamides is 1. The van der Waals surface area contributed by atoms with E-state index in [-0.39, 0.29) is 10.3 Å². The zero-order chi connectivity index (χ0) is 16.4. The molecule has 2 aromatic heterocycles. The van der Waals surface area contributed by atoms with Gasteiger partial charge in [-0.1, -0.05) is 23.7 Å². The minimum Gasteiger partial charge on any atom is -0.306 e. The van der Waals surface area contributed by atoms with Gasteiger partial charge in [0.1, 0.15) is 4.21 Å². The van der Waals surface area contributed by atoms with Gasteiger partial charge in [0.15, 0.2) is 0 Å². The molecule has 0 radical (unpaired) electrons. The van der Waals surface area contributed by atoms with Crippen molar-refractivity contribution in [3.05, 3.63) is 65.0 Å². The molecule has 1 unspecified atom stereocenters. The fourth-order valence-corrected chi connectivity index (χ4v) is 4.88. The van der Waals surface area contributed by atoms with Gasteiger partial charge in [0.05, 0.1) is 10.7 Å². The average molecular weight is 368 g/mol. The summed E-state index contributed by atoms with van der Waals surface area (Å²) in [6.45, 7) is 1.80. The van der Waals surface area contributed by atoms with Crippen LogP contribution in [0.1, 0.15) is 18.5 Å². The van der Waals surface area contributed by atoms with Crippen LogP contribution < -0.4 is 4.72 Å². The van der Waals surface area contributed by atoms with Gasteiger partial charge in [0, 0.05) is 24.1 Å². The molecular weight excluding hydrogens is 354 g/mol. The summed E-state index contributed by atoms with van der Waals surface area (Å²) in [4.78, 5) is 4.00. The number of aromatic nitrogens is 2. The molecule has 0 aliphatic heterocycles. The lowest BCUT2D eigenvalue weighted by atomic mass is 10.1. The second-order valence-electron chi connectivity index (χ2n) is 4.96. The lowest BCUT2D eigenvalue weighted by Gasteiger charge is -2.14. The first-order valence-electron chi connectivity index (χ1n) is 6.82. The van der Waals surface area contributed by atoms with Gasteiger partial charge in [0.2, 0.25) is 0 Å². The molecule has 120 valence electrons. The molecule has 8 heteroatoms. The normalized spacial score (nSPS) is 13.1. The number of imidazole rings is 1. The first-order chi connectivity index (χ1) is 11.0. The molecule has 3 aromatic rings. The molecule has 0 aliphatic carbocycles. The second-order valence-corrected chi connectivity index (χ2v) is 8.62. The molecule has 0 saturated heterocycles. The van der Waals surface area contributed by atoms with Gasteiger partial charge in [-0.25, -0.2) is 18.1 Å². The highest BCUT2D eigenvalue weighted by molar-refractivity contribution is 7.91. The van der Waals surface area contributed by atoms with E-state index < -0.39 is 10.0 Å². The molecule has 2 heterocycles. The fourth-order valence-electron chi connectivity index (χ4n) is 2.15. The van der Waals surface area contributed by atoms with Crippen LogP contribution in [-0.2, 0) is 10.0 Å². The maximum atomic E-state index is 12.3. The van der Waals surface area contributed by atoms with Crippen molar-refractivity contribution in [3.8, 4) is 5.69 Å². The zero-order valence-electron chi connectivity index (χ0n) is 12.2. The van der Waals surface area contributed by atoms with E-state index >= 15 is 0 Å². The number of benzene rings is 1. The van der Waals surface area contributed by atoms with Crippen molar-refractivity contribution in [2.75, 3.05) is 0 Å². The zero-order valence-corrected chi connectivity index (χ0v) is 14.6. The first-order valence-corrected chi connectivity index (χ1v) is 9.49. The van der Waals surface area contributed by atoms with Crippen LogP contribution in [0.2, 0.25) is 4.34 Å². The van der Waals surface area contributed by atoms with Crippen molar-refractivity contribution in [1.82, 2.24) is 14.3 Å². The number of thiophene rings is 1. The van der Waals surface area contributed by atoms with E-state index in [1.54, 1.807) is 25.5 Å². The highest BCUT2D eigenvalue weighted by Gasteiger charge is 2.20. The highest BCUT2D eigenvalue weighted by Crippen LogP contribution is 2.27. The summed E-state index contributed by atoms with van der Waals surface area (Å²) < 4.78 is 29.8. The summed E-state index contributed by atoms with van der Waals surface area (Å²) in [6.07, 6.45) is 5.26. The van der Waals surface area contributed by atoms with Crippen molar-refractivity contribution in [2.24, 2.45) is 0 Å². The number of hydrogen-bond acceptors (Lipinski definition) is 4. The molecule has 0 spiro atoms. The Balaban J connectivity index is 1.77. The summed E-state index contributed by atoms with van der Waals surface area (Å²) in [5, 5.41) is 0. The molecule has 1 atom stereocenters. The van der Waals surface area contributed by atoms with Crippen LogP contribution in [0.3, 0.4) is 0 Å². The second kappa shape index (κ2) is 6.45. The molecule has 5 nitrogen and oxygen atoms in total. The molecule has 0 aliphatic rings. The van der Waals surface area contributed by atoms with E-state index in [0.29, 0.717) is 4.34 Å². The summed E-state index contributed by atoms with van der Waals surface area (Å²) in [6, 6.07) is 10.4. The average Bonchev–Trinajstić information content (AvgIpc) is 3.18. The van der Waals surface area contributed by atoms with Crippen molar-refractivity contribution in [3.63, 3.8) is 0 Å². The molecule has 1 aromatic carbocycles. The molecule has 0 bridgehead atoms. The fraction of sp³-hybridized carbons (Fsp3) is 0.133. The lowest BCUT2D eigenvalue weighted by Crippen LogP contribution is -2.26. The van der Waals surface area contributed by atoms with E-state index in [0.717, 1.165) is 22.6 Å². The molecule has 3 rings (SSSR count). The van der Waals surface area contributed by atoms with E-state index in [1.807, 2.05) is 35.0 Å². The third-order valence-electron chi connectivity index (χ3n) is 3.34. The molecule has 0 fully saturated rings. The van der Waals surface area contributed by atoms with Crippen molar-refractivity contribution < 1.29 is 8.42 Å². The Morgan fingerprint density at radius 1 is 1.22 bits per heavy atom. The van der Waals surface area contributed by atoms with E-state index in [9.17, 15) is 8.42 Å². The standard InChI is InChI=1S/C15H14ClN3O2S2/c1-11(18-23(20,21)15-7-6-14(16)22-15)12-2-4-13(5-3-12)19-9-8-17-10-19/h2-11,18H,1H3. The van der Waals surface area contributed by atoms with Gasteiger partial charge in [0.25, 0.3) is 10.0 Å². The van der Waals surface area contributed by atoms with Crippen LogP contribution in [0.4, 0.5) is 0 Å². The van der Waals surface area contributed by atoms with E-state index in [1.165, 1.54) is 6.07 Å². The van der Waals surface area contributed by atoms with Crippen molar-refractivity contribution >= 4 is 33.0 Å². The Hall–Kier alpha value is -1.67. The van der Waals surface area contributed by atoms with Gasteiger partial charge in [-0.3, -0.25) is 0 Å². The maximum Gasteiger partial charge on any atom is 0.250 e. The number of nitrogens with zero attached hydrogens (tertiary/aromatic N) is 2. The monoisotopic (exact) mass is 367 g/mol. The first kappa shape index (κ1) is 16.2. The van der Waals surface area contributed by atoms with Crippen LogP contribution in [0, 0.1) is 0 Å². The van der Waals surface area contributed by atoms with E-state index in [2.05, 4.69) is 9.71 Å². The summed E-state index contributed by atoms with van der Waals surface area (Å²) in [5.74, 6) is 0. The van der Waals surface area contributed by atoms with Crippen LogP contribution in [0.25, 0.3) is 5.69 Å². The molecule has 0 saturated carbocycles. The summed E-state index contributed by atoms with van der Waals surface area (Å²) >= 11 is 6.84. The van der Waals surface area contributed by atoms with Crippen molar-refractivity contribution in [2.45, 2.75) is 17.2 Å². The van der Waals surface area contributed by atoms with Crippen LogP contribution in [0.15, 0.2) is 59.3 Å². The van der Waals surface area contributed by atoms with Crippen LogP contribution in [-0.4, -0.2) is 18.0 Å². The predicted molar refractivity (Wildman–Crippen MR) is 91.6 cm³/mol. The summed E-state index contributed by atoms with van der Waals surface area (Å²) in [5.41, 5.74) is 1.84. The quantitative estimate of drug-likeness (QED) is 0.749. The van der Waals surface area contributed by atoms with Gasteiger partial charge >= 0.3 is 0 Å². The van der Waals surface area contributed by atoms with Gasteiger partial charge in [-0.2, -0.15) is 0 Å². The smallest absolute Gasteiger partial charge is 0.250 e. The number of halogens is 1. The summed E-state index contributed by atoms with van der Waals surface area (Å²) in [7, 11) is -3.57. The lowest BCUT2D eigenvalue weighted by molar-refractivity contribution is 0.569. The van der Waals surface area contributed by atoms with Crippen LogP contribution >= 0.6 is 22.9 Å². The Kier molecular flexibility index (Phi) is 4.54. The molecule has 23 heavy (non-hydrogen) atoms. The Morgan fingerprint density at radius 2 is 1.96 bits per heavy atom. The minimum atomic E-state index is -3.57. The number of rotatable bonds is 5. The highest BCUT2D eigenvalue weighted by atomic mass is 35.5. The Morgan fingerprint density at radius 3 is 2.52 bits per heavy atom. The Labute approximate surface area is 143 Å². The number of hydrogen-bond donors (Lipinski definition) is 1. The third kappa shape index (κ3) is 3.64. The maximum absolute atomic E-state index is 12.3. The predicted octanol–water partition coefficient (Wildman–Crippen LogP) is 3.63. The SMILES string of the molecule is CC(NS(=O)(=O)c1ccc(Cl)s1)c1ccc(-n2ccnc2)cc1. The topological polar surface area (TPSA) is 64.0 Å². The van der Waals surface area contributed by atoms with E-state index in [4.69, 9.17) is 11.6 Å².